The van der Waals surface area contributed by atoms with Crippen LogP contribution in [0.15, 0.2) is 30.5 Å². The third kappa shape index (κ3) is 1.94. The fraction of sp³-hybridized carbons (Fsp3) is 0.154. The molecule has 3 N–H and O–H groups in total. The molecule has 92 valence electrons. The predicted octanol–water partition coefficient (Wildman–Crippen LogP) is 1.44. The van der Waals surface area contributed by atoms with Crippen LogP contribution in [0.25, 0.3) is 10.9 Å². The van der Waals surface area contributed by atoms with Crippen molar-refractivity contribution in [2.24, 2.45) is 5.73 Å². The van der Waals surface area contributed by atoms with Crippen molar-refractivity contribution in [1.82, 2.24) is 4.57 Å². The third-order valence-corrected chi connectivity index (χ3v) is 3.13. The van der Waals surface area contributed by atoms with Crippen LogP contribution in [0.3, 0.4) is 0 Å². The van der Waals surface area contributed by atoms with E-state index in [1.54, 1.807) is 22.8 Å². The maximum Gasteiger partial charge on any atom is 0.255 e. The number of aromatic hydroxyl groups is 1. The Labute approximate surface area is 109 Å². The molecule has 0 aliphatic carbocycles. The molecule has 0 fully saturated rings. The lowest BCUT2D eigenvalue weighted by Gasteiger charge is -2.19. The van der Waals surface area contributed by atoms with E-state index in [9.17, 15) is 9.90 Å². The highest BCUT2D eigenvalue weighted by Gasteiger charge is 2.31. The number of hydrogen-bond acceptors (Lipinski definition) is 3. The fourth-order valence-electron chi connectivity index (χ4n) is 1.79. The van der Waals surface area contributed by atoms with Crippen LogP contribution in [-0.4, -0.2) is 20.5 Å². The number of carbonyl (C=O) groups is 1. The van der Waals surface area contributed by atoms with E-state index in [4.69, 9.17) is 23.8 Å². The highest BCUT2D eigenvalue weighted by molar-refractivity contribution is 6.66. The van der Waals surface area contributed by atoms with E-state index in [0.29, 0.717) is 5.39 Å². The number of nitrogens with zero attached hydrogens (tertiary/aromatic N) is 1. The number of carbonyl (C=O) groups excluding carboxylic acids is 1. The van der Waals surface area contributed by atoms with Gasteiger partial charge in [-0.2, -0.15) is 0 Å². The van der Waals surface area contributed by atoms with Crippen molar-refractivity contribution >= 4 is 27.7 Å². The molecule has 0 saturated heterocycles. The number of para-hydroxylation sites is 1. The second kappa shape index (κ2) is 4.37. The van der Waals surface area contributed by atoms with Crippen molar-refractivity contribution < 1.29 is 9.90 Å². The lowest BCUT2D eigenvalue weighted by Crippen LogP contribution is -2.47. The maximum atomic E-state index is 11.3. The van der Waals surface area contributed by atoms with Gasteiger partial charge in [0.1, 0.15) is 5.75 Å². The van der Waals surface area contributed by atoms with Crippen LogP contribution in [-0.2, 0) is 11.3 Å². The lowest BCUT2D eigenvalue weighted by atomic mass is 10.0. The number of fused-ring (bicyclic) bond motifs is 1. The van der Waals surface area contributed by atoms with Crippen molar-refractivity contribution in [3.05, 3.63) is 30.5 Å². The first kappa shape index (κ1) is 12.5. The Morgan fingerprint density at radius 2 is 2.22 bits per heavy atom. The molecule has 0 aliphatic rings. The average Bonchev–Trinajstić information content (AvgIpc) is 2.66. The summed E-state index contributed by atoms with van der Waals surface area (Å²) in [4.78, 5) is 11.3. The summed E-state index contributed by atoms with van der Waals surface area (Å²) in [5.74, 6) is 2.30. The summed E-state index contributed by atoms with van der Waals surface area (Å²) < 4.78 is 1.62. The van der Waals surface area contributed by atoms with Crippen LogP contribution < -0.4 is 5.73 Å². The Hall–Kier alpha value is -1.96. The predicted molar refractivity (Wildman–Crippen MR) is 70.2 cm³/mol. The van der Waals surface area contributed by atoms with Gasteiger partial charge in [0.2, 0.25) is 0 Å². The number of halogens is 1. The first-order valence-electron chi connectivity index (χ1n) is 5.21. The summed E-state index contributed by atoms with van der Waals surface area (Å²) >= 11 is 5.41. The van der Waals surface area contributed by atoms with Gasteiger partial charge in [0, 0.05) is 11.6 Å². The van der Waals surface area contributed by atoms with Gasteiger partial charge in [-0.25, -0.2) is 0 Å². The first-order valence-corrected chi connectivity index (χ1v) is 5.59. The van der Waals surface area contributed by atoms with E-state index in [-0.39, 0.29) is 12.3 Å². The molecule has 1 heterocycles. The highest BCUT2D eigenvalue weighted by atomic mass is 35.5. The minimum absolute atomic E-state index is 0.00685. The molecule has 1 unspecified atom stereocenters. The van der Waals surface area contributed by atoms with Gasteiger partial charge in [0.05, 0.1) is 12.1 Å². The zero-order chi connectivity index (χ0) is 13.3. The SMILES string of the molecule is C#CC(N)(Cn1cc(O)c2ccccc21)C(=O)Cl. The minimum atomic E-state index is -1.59. The average molecular weight is 263 g/mol. The van der Waals surface area contributed by atoms with Crippen molar-refractivity contribution in [3.63, 3.8) is 0 Å². The van der Waals surface area contributed by atoms with Gasteiger partial charge < -0.3 is 15.4 Å². The summed E-state index contributed by atoms with van der Waals surface area (Å²) in [6.07, 6.45) is 6.73. The second-order valence-corrected chi connectivity index (χ2v) is 4.39. The number of hydrogen-bond donors (Lipinski definition) is 2. The summed E-state index contributed by atoms with van der Waals surface area (Å²) in [7, 11) is 0. The Bertz CT molecular complexity index is 657. The molecule has 0 aliphatic heterocycles. The lowest BCUT2D eigenvalue weighted by molar-refractivity contribution is -0.115. The number of terminal acetylenes is 1. The molecule has 5 heteroatoms. The standard InChI is InChI=1S/C13H11ClN2O2/c1-2-13(15,12(14)18)8-16-7-11(17)9-5-3-4-6-10(9)16/h1,3-7,17H,8,15H2. The summed E-state index contributed by atoms with van der Waals surface area (Å²) in [5.41, 5.74) is 4.90. The number of rotatable bonds is 3. The molecule has 18 heavy (non-hydrogen) atoms. The van der Waals surface area contributed by atoms with Gasteiger partial charge in [-0.1, -0.05) is 18.1 Å². The Kier molecular flexibility index (Phi) is 3.04. The summed E-state index contributed by atoms with van der Waals surface area (Å²) in [6.45, 7) is 0.00685. The molecular formula is C13H11ClN2O2. The van der Waals surface area contributed by atoms with Crippen molar-refractivity contribution in [2.75, 3.05) is 0 Å². The van der Waals surface area contributed by atoms with Crippen molar-refractivity contribution in [1.29, 1.82) is 0 Å². The highest BCUT2D eigenvalue weighted by Crippen LogP contribution is 2.27. The Morgan fingerprint density at radius 3 is 2.83 bits per heavy atom. The molecular weight excluding hydrogens is 252 g/mol. The quantitative estimate of drug-likeness (QED) is 0.650. The van der Waals surface area contributed by atoms with Crippen LogP contribution in [0.4, 0.5) is 0 Å². The zero-order valence-corrected chi connectivity index (χ0v) is 10.2. The molecule has 0 amide bonds. The number of nitrogens with two attached hydrogens (primary N) is 1. The van der Waals surface area contributed by atoms with Crippen LogP contribution in [0, 0.1) is 12.3 Å². The van der Waals surface area contributed by atoms with Gasteiger partial charge >= 0.3 is 0 Å². The summed E-state index contributed by atoms with van der Waals surface area (Å²) in [5, 5.41) is 9.63. The van der Waals surface area contributed by atoms with Crippen LogP contribution >= 0.6 is 11.6 Å². The van der Waals surface area contributed by atoms with Gasteiger partial charge in [-0.15, -0.1) is 6.42 Å². The largest absolute Gasteiger partial charge is 0.506 e. The maximum absolute atomic E-state index is 11.3. The molecule has 4 nitrogen and oxygen atoms in total. The zero-order valence-electron chi connectivity index (χ0n) is 9.43. The second-order valence-electron chi connectivity index (χ2n) is 4.05. The summed E-state index contributed by atoms with van der Waals surface area (Å²) in [6, 6.07) is 7.17. The Morgan fingerprint density at radius 1 is 1.56 bits per heavy atom. The molecule has 0 saturated carbocycles. The molecule has 1 atom stereocenters. The molecule has 2 aromatic rings. The fourth-order valence-corrected chi connectivity index (χ4v) is 1.91. The van der Waals surface area contributed by atoms with E-state index >= 15 is 0 Å². The van der Waals surface area contributed by atoms with E-state index in [0.717, 1.165) is 5.52 Å². The normalized spacial score (nSPS) is 14.1. The Balaban J connectivity index is 2.51. The molecule has 0 bridgehead atoms. The van der Waals surface area contributed by atoms with Gasteiger partial charge in [0.25, 0.3) is 5.24 Å². The van der Waals surface area contributed by atoms with Crippen LogP contribution in [0.5, 0.6) is 5.75 Å². The minimum Gasteiger partial charge on any atom is -0.506 e. The van der Waals surface area contributed by atoms with Crippen molar-refractivity contribution in [3.8, 4) is 18.1 Å². The van der Waals surface area contributed by atoms with E-state index < -0.39 is 10.8 Å². The molecule has 1 aromatic carbocycles. The van der Waals surface area contributed by atoms with E-state index in [1.165, 1.54) is 6.20 Å². The van der Waals surface area contributed by atoms with Crippen LogP contribution in [0.2, 0.25) is 0 Å². The van der Waals surface area contributed by atoms with Crippen molar-refractivity contribution in [2.45, 2.75) is 12.1 Å². The molecule has 2 rings (SSSR count). The molecule has 1 aromatic heterocycles. The van der Waals surface area contributed by atoms with Gasteiger partial charge in [-0.3, -0.25) is 4.79 Å². The molecule has 0 spiro atoms. The van der Waals surface area contributed by atoms with Gasteiger partial charge in [0.15, 0.2) is 5.54 Å². The molecule has 0 radical (unpaired) electrons. The van der Waals surface area contributed by atoms with Gasteiger partial charge in [-0.05, 0) is 23.7 Å². The topological polar surface area (TPSA) is 68.2 Å². The van der Waals surface area contributed by atoms with Crippen LogP contribution in [0.1, 0.15) is 0 Å². The number of benzene rings is 1. The van der Waals surface area contributed by atoms with E-state index in [2.05, 4.69) is 5.92 Å². The smallest absolute Gasteiger partial charge is 0.255 e. The van der Waals surface area contributed by atoms with E-state index in [1.807, 2.05) is 6.07 Å². The first-order chi connectivity index (χ1) is 8.48. The third-order valence-electron chi connectivity index (χ3n) is 2.80. The number of aromatic nitrogens is 1. The monoisotopic (exact) mass is 262 g/mol.